The fourth-order valence-electron chi connectivity index (χ4n) is 3.47. The molecule has 1 atom stereocenters. The van der Waals surface area contributed by atoms with E-state index < -0.39 is 5.60 Å². The maximum absolute atomic E-state index is 12.8. The maximum Gasteiger partial charge on any atom is 0.410 e. The molecule has 1 heterocycles. The molecule has 32 heavy (non-hydrogen) atoms. The Morgan fingerprint density at radius 2 is 1.59 bits per heavy atom. The van der Waals surface area contributed by atoms with Crippen LogP contribution < -0.4 is 4.74 Å². The van der Waals surface area contributed by atoms with Crippen molar-refractivity contribution in [3.63, 3.8) is 0 Å². The van der Waals surface area contributed by atoms with E-state index in [-0.39, 0.29) is 24.8 Å². The Balaban J connectivity index is 1.60. The third-order valence-electron chi connectivity index (χ3n) is 5.04. The Bertz CT molecular complexity index is 867. The minimum Gasteiger partial charge on any atom is -0.494 e. The molecule has 1 saturated heterocycles. The lowest BCUT2D eigenvalue weighted by atomic mass is 10.1. The van der Waals surface area contributed by atoms with E-state index in [9.17, 15) is 9.59 Å². The molecule has 2 aromatic rings. The first-order valence-corrected chi connectivity index (χ1v) is 10.9. The molecule has 1 aliphatic rings. The van der Waals surface area contributed by atoms with Gasteiger partial charge in [-0.15, -0.1) is 0 Å². The van der Waals surface area contributed by atoms with E-state index in [0.29, 0.717) is 32.7 Å². The number of piperazine rings is 1. The van der Waals surface area contributed by atoms with Crippen LogP contribution in [0.3, 0.4) is 0 Å². The van der Waals surface area contributed by atoms with Gasteiger partial charge < -0.3 is 24.0 Å². The first kappa shape index (κ1) is 23.4. The monoisotopic (exact) mass is 440 g/mol. The lowest BCUT2D eigenvalue weighted by Gasteiger charge is -2.41. The minimum absolute atomic E-state index is 0.216. The van der Waals surface area contributed by atoms with Crippen LogP contribution in [0.5, 0.6) is 5.75 Å². The summed E-state index contributed by atoms with van der Waals surface area (Å²) in [5.41, 5.74) is 0.342. The Morgan fingerprint density at radius 1 is 0.938 bits per heavy atom. The van der Waals surface area contributed by atoms with Gasteiger partial charge in [-0.2, -0.15) is 0 Å². The maximum atomic E-state index is 12.8. The molecule has 0 bridgehead atoms. The first-order chi connectivity index (χ1) is 15.3. The van der Waals surface area contributed by atoms with Crippen molar-refractivity contribution < 1.29 is 23.8 Å². The first-order valence-electron chi connectivity index (χ1n) is 10.9. The number of nitrogens with zero attached hydrogens (tertiary/aromatic N) is 2. The van der Waals surface area contributed by atoms with Crippen LogP contribution in [0.1, 0.15) is 32.8 Å². The smallest absolute Gasteiger partial charge is 0.410 e. The molecule has 0 aliphatic carbocycles. The number of benzene rings is 2. The zero-order valence-electron chi connectivity index (χ0n) is 19.0. The van der Waals surface area contributed by atoms with Crippen molar-refractivity contribution in [3.05, 3.63) is 66.2 Å². The van der Waals surface area contributed by atoms with Crippen LogP contribution in [0.4, 0.5) is 9.59 Å². The number of ether oxygens (including phenoxy) is 3. The number of amides is 2. The molecule has 0 unspecified atom stereocenters. The fraction of sp³-hybridized carbons (Fsp3) is 0.440. The Morgan fingerprint density at radius 3 is 2.25 bits per heavy atom. The van der Waals surface area contributed by atoms with E-state index in [1.165, 1.54) is 0 Å². The molecule has 0 aromatic heterocycles. The molecule has 1 fully saturated rings. The summed E-state index contributed by atoms with van der Waals surface area (Å²) < 4.78 is 16.9. The highest BCUT2D eigenvalue weighted by molar-refractivity contribution is 5.71. The summed E-state index contributed by atoms with van der Waals surface area (Å²) in [6.07, 6.45) is -0.192. The number of para-hydroxylation sites is 1. The van der Waals surface area contributed by atoms with Crippen LogP contribution >= 0.6 is 0 Å². The molecule has 2 aromatic carbocycles. The van der Waals surface area contributed by atoms with E-state index in [1.54, 1.807) is 9.80 Å². The zero-order valence-corrected chi connectivity index (χ0v) is 19.0. The molecule has 7 heteroatoms. The highest BCUT2D eigenvalue weighted by atomic mass is 16.6. The molecule has 3 rings (SSSR count). The van der Waals surface area contributed by atoms with Gasteiger partial charge in [0.1, 0.15) is 18.0 Å². The highest BCUT2D eigenvalue weighted by Gasteiger charge is 2.35. The van der Waals surface area contributed by atoms with Crippen LogP contribution in [0.25, 0.3) is 0 Å². The van der Waals surface area contributed by atoms with Gasteiger partial charge in [0.25, 0.3) is 0 Å². The van der Waals surface area contributed by atoms with Gasteiger partial charge in [-0.3, -0.25) is 0 Å². The van der Waals surface area contributed by atoms with Crippen LogP contribution in [0, 0.1) is 0 Å². The molecular formula is C25H32N2O5. The zero-order chi connectivity index (χ0) is 23.0. The summed E-state index contributed by atoms with van der Waals surface area (Å²) in [5, 5.41) is 0. The van der Waals surface area contributed by atoms with Crippen molar-refractivity contribution in [1.82, 2.24) is 9.80 Å². The predicted molar refractivity (Wildman–Crippen MR) is 121 cm³/mol. The molecule has 0 radical (unpaired) electrons. The summed E-state index contributed by atoms with van der Waals surface area (Å²) in [6, 6.07) is 18.9. The summed E-state index contributed by atoms with van der Waals surface area (Å²) in [5.74, 6) is 0.770. The largest absolute Gasteiger partial charge is 0.494 e. The minimum atomic E-state index is -0.589. The third kappa shape index (κ3) is 7.18. The molecule has 0 N–H and O–H groups in total. The van der Waals surface area contributed by atoms with E-state index in [4.69, 9.17) is 14.2 Å². The van der Waals surface area contributed by atoms with Crippen molar-refractivity contribution in [3.8, 4) is 5.75 Å². The van der Waals surface area contributed by atoms with Crippen LogP contribution in [-0.4, -0.2) is 59.9 Å². The van der Waals surface area contributed by atoms with E-state index >= 15 is 0 Å². The molecule has 2 amide bonds. The predicted octanol–water partition coefficient (Wildman–Crippen LogP) is 4.71. The number of carbonyl (C=O) groups excluding carboxylic acids is 2. The summed E-state index contributed by atoms with van der Waals surface area (Å²) in [6.45, 7) is 7.30. The van der Waals surface area contributed by atoms with Gasteiger partial charge in [-0.1, -0.05) is 48.5 Å². The SMILES string of the molecule is CC(C)(C)OC(=O)N1CCN(C(=O)OCc2ccccc2)C[C@H]1CCOc1ccccc1. The standard InChI is InChI=1S/C25H32N2O5/c1-25(2,3)32-24(29)27-16-15-26(23(28)31-19-20-10-6-4-7-11-20)18-21(27)14-17-30-22-12-8-5-9-13-22/h4-13,21H,14-19H2,1-3H3/t21-/m1/s1. The Labute approximate surface area is 189 Å². The van der Waals surface area contributed by atoms with Gasteiger partial charge in [0.05, 0.1) is 12.6 Å². The van der Waals surface area contributed by atoms with Crippen LogP contribution in [0.2, 0.25) is 0 Å². The molecule has 0 saturated carbocycles. The summed E-state index contributed by atoms with van der Waals surface area (Å²) in [7, 11) is 0. The van der Waals surface area contributed by atoms with Crippen molar-refractivity contribution >= 4 is 12.2 Å². The second kappa shape index (κ2) is 10.9. The molecular weight excluding hydrogens is 408 g/mol. The second-order valence-electron chi connectivity index (χ2n) is 8.76. The fourth-order valence-corrected chi connectivity index (χ4v) is 3.47. The van der Waals surface area contributed by atoms with Gasteiger partial charge in [0.2, 0.25) is 0 Å². The van der Waals surface area contributed by atoms with Crippen LogP contribution in [-0.2, 0) is 16.1 Å². The van der Waals surface area contributed by atoms with Gasteiger partial charge in [0, 0.05) is 26.1 Å². The van der Waals surface area contributed by atoms with Gasteiger partial charge >= 0.3 is 12.2 Å². The Hall–Kier alpha value is -3.22. The molecule has 1 aliphatic heterocycles. The third-order valence-corrected chi connectivity index (χ3v) is 5.04. The van der Waals surface area contributed by atoms with Crippen molar-refractivity contribution in [2.75, 3.05) is 26.2 Å². The van der Waals surface area contributed by atoms with E-state index in [1.807, 2.05) is 81.4 Å². The van der Waals surface area contributed by atoms with Crippen molar-refractivity contribution in [2.24, 2.45) is 0 Å². The highest BCUT2D eigenvalue weighted by Crippen LogP contribution is 2.20. The Kier molecular flexibility index (Phi) is 7.98. The second-order valence-corrected chi connectivity index (χ2v) is 8.76. The van der Waals surface area contributed by atoms with Crippen LogP contribution in [0.15, 0.2) is 60.7 Å². The average Bonchev–Trinajstić information content (AvgIpc) is 2.77. The topological polar surface area (TPSA) is 68.3 Å². The van der Waals surface area contributed by atoms with E-state index in [0.717, 1.165) is 11.3 Å². The van der Waals surface area contributed by atoms with Gasteiger partial charge in [0.15, 0.2) is 0 Å². The van der Waals surface area contributed by atoms with Gasteiger partial charge in [-0.25, -0.2) is 9.59 Å². The number of hydrogen-bond donors (Lipinski definition) is 0. The average molecular weight is 441 g/mol. The lowest BCUT2D eigenvalue weighted by molar-refractivity contribution is -0.00614. The van der Waals surface area contributed by atoms with E-state index in [2.05, 4.69) is 0 Å². The molecule has 172 valence electrons. The van der Waals surface area contributed by atoms with Crippen molar-refractivity contribution in [1.29, 1.82) is 0 Å². The summed E-state index contributed by atoms with van der Waals surface area (Å²) >= 11 is 0. The quantitative estimate of drug-likeness (QED) is 0.651. The number of hydrogen-bond acceptors (Lipinski definition) is 5. The summed E-state index contributed by atoms with van der Waals surface area (Å²) in [4.78, 5) is 28.8. The number of rotatable bonds is 6. The normalized spacial score (nSPS) is 16.4. The molecule has 7 nitrogen and oxygen atoms in total. The number of carbonyl (C=O) groups is 2. The lowest BCUT2D eigenvalue weighted by Crippen LogP contribution is -2.57. The van der Waals surface area contributed by atoms with Crippen molar-refractivity contribution in [2.45, 2.75) is 45.4 Å². The molecule has 0 spiro atoms. The van der Waals surface area contributed by atoms with Gasteiger partial charge in [-0.05, 0) is 38.5 Å².